The van der Waals surface area contributed by atoms with Gasteiger partial charge in [-0.05, 0) is 65.8 Å². The van der Waals surface area contributed by atoms with Crippen molar-refractivity contribution in [2.75, 3.05) is 6.54 Å². The Morgan fingerprint density at radius 1 is 1.00 bits per heavy atom. The quantitative estimate of drug-likeness (QED) is 0.279. The molecule has 1 saturated carbocycles. The van der Waals surface area contributed by atoms with Crippen molar-refractivity contribution >= 4 is 16.8 Å². The van der Waals surface area contributed by atoms with Crippen LogP contribution in [0.15, 0.2) is 79.0 Å². The van der Waals surface area contributed by atoms with Crippen molar-refractivity contribution in [1.29, 1.82) is 0 Å². The molecule has 1 heterocycles. The number of alkyl halides is 3. The maximum Gasteiger partial charge on any atom is 0.403 e. The van der Waals surface area contributed by atoms with Crippen molar-refractivity contribution in [3.05, 3.63) is 95.9 Å². The van der Waals surface area contributed by atoms with Crippen LogP contribution in [0.3, 0.4) is 0 Å². The van der Waals surface area contributed by atoms with E-state index in [2.05, 4.69) is 10.4 Å². The number of rotatable bonds is 7. The van der Waals surface area contributed by atoms with Crippen molar-refractivity contribution in [2.24, 2.45) is 10.8 Å². The number of benzene rings is 3. The van der Waals surface area contributed by atoms with Gasteiger partial charge in [0.25, 0.3) is 0 Å². The fourth-order valence-electron chi connectivity index (χ4n) is 5.10. The second kappa shape index (κ2) is 9.01. The largest absolute Gasteiger partial charge is 0.403 e. The van der Waals surface area contributed by atoms with Gasteiger partial charge in [-0.2, -0.15) is 18.3 Å². The molecule has 192 valence electrons. The van der Waals surface area contributed by atoms with Crippen molar-refractivity contribution < 1.29 is 22.4 Å². The zero-order valence-electron chi connectivity index (χ0n) is 20.5. The number of nitrogens with one attached hydrogen (secondary N) is 1. The van der Waals surface area contributed by atoms with E-state index in [1.165, 1.54) is 12.1 Å². The summed E-state index contributed by atoms with van der Waals surface area (Å²) in [4.78, 5) is 12.6. The van der Waals surface area contributed by atoms with E-state index in [0.717, 1.165) is 27.7 Å². The molecule has 4 nitrogen and oxygen atoms in total. The van der Waals surface area contributed by atoms with Crippen LogP contribution in [0.2, 0.25) is 0 Å². The normalized spacial score (nSPS) is 15.9. The molecule has 1 N–H and O–H groups in total. The number of hydrogen-bond acceptors (Lipinski definition) is 2. The van der Waals surface area contributed by atoms with Crippen LogP contribution in [0, 0.1) is 16.6 Å². The second-order valence-corrected chi connectivity index (χ2v) is 10.4. The Bertz CT molecular complexity index is 1420. The molecule has 0 bridgehead atoms. The first-order valence-corrected chi connectivity index (χ1v) is 12.2. The van der Waals surface area contributed by atoms with Crippen molar-refractivity contribution in [3.63, 3.8) is 0 Å². The van der Waals surface area contributed by atoms with E-state index in [0.29, 0.717) is 0 Å². The molecule has 1 atom stereocenters. The lowest BCUT2D eigenvalue weighted by Gasteiger charge is -2.36. The topological polar surface area (TPSA) is 46.9 Å². The second-order valence-electron chi connectivity index (χ2n) is 10.4. The highest BCUT2D eigenvalue weighted by Gasteiger charge is 2.68. The maximum atomic E-state index is 13.5. The lowest BCUT2D eigenvalue weighted by atomic mass is 9.71. The standard InChI is InChI=1S/C29H27F4N3O/c1-27(2,18-34-26(37)28(14-15-28)29(31,32)33)25(19-6-4-3-5-7-19)20-8-13-24-21(16-20)17-35-36(24)23-11-9-22(30)10-12-23/h3-13,16-17,25H,14-15,18H2,1-2H3,(H,34,37). The summed E-state index contributed by atoms with van der Waals surface area (Å²) in [7, 11) is 0. The monoisotopic (exact) mass is 509 g/mol. The summed E-state index contributed by atoms with van der Waals surface area (Å²) in [6, 6.07) is 21.7. The van der Waals surface area contributed by atoms with Gasteiger partial charge in [-0.15, -0.1) is 0 Å². The molecule has 0 saturated heterocycles. The first kappa shape index (κ1) is 25.0. The van der Waals surface area contributed by atoms with Gasteiger partial charge in [0.1, 0.15) is 11.2 Å². The van der Waals surface area contributed by atoms with Crippen molar-refractivity contribution in [1.82, 2.24) is 15.1 Å². The van der Waals surface area contributed by atoms with Crippen LogP contribution >= 0.6 is 0 Å². The minimum Gasteiger partial charge on any atom is -0.355 e. The molecule has 1 aliphatic rings. The van der Waals surface area contributed by atoms with E-state index >= 15 is 0 Å². The summed E-state index contributed by atoms with van der Waals surface area (Å²) in [5, 5.41) is 7.96. The van der Waals surface area contributed by atoms with E-state index in [1.807, 2.05) is 62.4 Å². The minimum absolute atomic E-state index is 0.0795. The van der Waals surface area contributed by atoms with Gasteiger partial charge >= 0.3 is 6.18 Å². The van der Waals surface area contributed by atoms with Gasteiger partial charge in [0, 0.05) is 17.8 Å². The smallest absolute Gasteiger partial charge is 0.355 e. The number of hydrogen-bond donors (Lipinski definition) is 1. The molecular formula is C29H27F4N3O. The molecule has 4 aromatic rings. The third-order valence-electron chi connectivity index (χ3n) is 7.34. The first-order chi connectivity index (χ1) is 17.5. The molecular weight excluding hydrogens is 482 g/mol. The van der Waals surface area contributed by atoms with Gasteiger partial charge in [0.15, 0.2) is 0 Å². The zero-order chi connectivity index (χ0) is 26.4. The summed E-state index contributed by atoms with van der Waals surface area (Å²) in [6.07, 6.45) is -3.14. The lowest BCUT2D eigenvalue weighted by molar-refractivity contribution is -0.192. The van der Waals surface area contributed by atoms with Crippen LogP contribution in [0.1, 0.15) is 43.7 Å². The predicted octanol–water partition coefficient (Wildman–Crippen LogP) is 6.78. The number of halogens is 4. The van der Waals surface area contributed by atoms with Crippen molar-refractivity contribution in [3.8, 4) is 5.69 Å². The number of carbonyl (C=O) groups excluding carboxylic acids is 1. The summed E-state index contributed by atoms with van der Waals surface area (Å²) in [5.74, 6) is -1.49. The Labute approximate surface area is 212 Å². The van der Waals surface area contributed by atoms with E-state index in [-0.39, 0.29) is 31.1 Å². The summed E-state index contributed by atoms with van der Waals surface area (Å²) in [6.45, 7) is 3.98. The minimum atomic E-state index is -4.55. The fourth-order valence-corrected chi connectivity index (χ4v) is 5.10. The van der Waals surface area contributed by atoms with Crippen LogP contribution in [-0.2, 0) is 4.79 Å². The molecule has 1 aromatic heterocycles. The van der Waals surface area contributed by atoms with E-state index < -0.39 is 22.9 Å². The zero-order valence-corrected chi connectivity index (χ0v) is 20.5. The molecule has 0 aliphatic heterocycles. The number of aromatic nitrogens is 2. The molecule has 1 amide bonds. The fraction of sp³-hybridized carbons (Fsp3) is 0.310. The Morgan fingerprint density at radius 2 is 1.68 bits per heavy atom. The van der Waals surface area contributed by atoms with Crippen LogP contribution in [0.5, 0.6) is 0 Å². The Hall–Kier alpha value is -3.68. The maximum absolute atomic E-state index is 13.5. The highest BCUT2D eigenvalue weighted by atomic mass is 19.4. The molecule has 3 aromatic carbocycles. The molecule has 1 unspecified atom stereocenters. The lowest BCUT2D eigenvalue weighted by Crippen LogP contribution is -2.45. The van der Waals surface area contributed by atoms with Crippen LogP contribution in [0.4, 0.5) is 17.6 Å². The SMILES string of the molecule is CC(C)(CNC(=O)C1(C(F)(F)F)CC1)C(c1ccccc1)c1ccc2c(cnn2-c2ccc(F)cc2)c1. The summed E-state index contributed by atoms with van der Waals surface area (Å²) >= 11 is 0. The number of carbonyl (C=O) groups is 1. The first-order valence-electron chi connectivity index (χ1n) is 12.2. The third kappa shape index (κ3) is 4.61. The summed E-state index contributed by atoms with van der Waals surface area (Å²) < 4.78 is 55.5. The molecule has 37 heavy (non-hydrogen) atoms. The highest BCUT2D eigenvalue weighted by Crippen LogP contribution is 2.57. The Balaban J connectivity index is 1.47. The van der Waals surface area contributed by atoms with Gasteiger partial charge < -0.3 is 5.32 Å². The molecule has 8 heteroatoms. The Kier molecular flexibility index (Phi) is 6.09. The highest BCUT2D eigenvalue weighted by molar-refractivity contribution is 5.86. The average molecular weight is 510 g/mol. The van der Waals surface area contributed by atoms with Gasteiger partial charge in [0.2, 0.25) is 5.91 Å². The van der Waals surface area contributed by atoms with Gasteiger partial charge in [-0.1, -0.05) is 50.2 Å². The molecule has 5 rings (SSSR count). The van der Waals surface area contributed by atoms with E-state index in [9.17, 15) is 22.4 Å². The van der Waals surface area contributed by atoms with Crippen LogP contribution < -0.4 is 5.32 Å². The number of fused-ring (bicyclic) bond motifs is 1. The molecule has 1 fully saturated rings. The molecule has 0 radical (unpaired) electrons. The van der Waals surface area contributed by atoms with Crippen molar-refractivity contribution in [2.45, 2.75) is 38.8 Å². The number of nitrogens with zero attached hydrogens (tertiary/aromatic N) is 2. The van der Waals surface area contributed by atoms with Gasteiger partial charge in [-0.3, -0.25) is 4.79 Å². The van der Waals surface area contributed by atoms with Gasteiger partial charge in [0.05, 0.1) is 17.4 Å². The van der Waals surface area contributed by atoms with Crippen LogP contribution in [-0.4, -0.2) is 28.4 Å². The van der Waals surface area contributed by atoms with E-state index in [4.69, 9.17) is 0 Å². The van der Waals surface area contributed by atoms with E-state index in [1.54, 1.807) is 23.0 Å². The molecule has 0 spiro atoms. The summed E-state index contributed by atoms with van der Waals surface area (Å²) in [5.41, 5.74) is 0.649. The third-order valence-corrected chi connectivity index (χ3v) is 7.34. The van der Waals surface area contributed by atoms with Gasteiger partial charge in [-0.25, -0.2) is 9.07 Å². The number of amides is 1. The Morgan fingerprint density at radius 3 is 2.30 bits per heavy atom. The molecule has 1 aliphatic carbocycles. The van der Waals surface area contributed by atoms with Crippen LogP contribution in [0.25, 0.3) is 16.6 Å². The predicted molar refractivity (Wildman–Crippen MR) is 134 cm³/mol. The average Bonchev–Trinajstić information content (AvgIpc) is 3.59.